The second-order valence-corrected chi connectivity index (χ2v) is 11.1. The lowest BCUT2D eigenvalue weighted by Crippen LogP contribution is -2.48. The zero-order valence-corrected chi connectivity index (χ0v) is 17.3. The Balaban J connectivity index is 1.23. The maximum absolute atomic E-state index is 13.1. The number of amides is 1. The van der Waals surface area contributed by atoms with Crippen LogP contribution in [0.1, 0.15) is 35.1 Å². The Morgan fingerprint density at radius 2 is 1.50 bits per heavy atom. The molecule has 1 fully saturated rings. The van der Waals surface area contributed by atoms with Crippen LogP contribution in [0.4, 0.5) is 0 Å². The number of rotatable bonds is 0. The maximum Gasteiger partial charge on any atom is 0.296 e. The molecule has 4 aliphatic rings. The van der Waals surface area contributed by atoms with E-state index in [-0.39, 0.29) is 11.7 Å². The highest BCUT2D eigenvalue weighted by Crippen LogP contribution is 2.49. The van der Waals surface area contributed by atoms with Gasteiger partial charge < -0.3 is 9.64 Å². The van der Waals surface area contributed by atoms with E-state index in [0.29, 0.717) is 44.8 Å². The van der Waals surface area contributed by atoms with Gasteiger partial charge in [-0.3, -0.25) is 4.79 Å². The van der Waals surface area contributed by atoms with Crippen molar-refractivity contribution in [1.29, 1.82) is 0 Å². The number of likely N-dealkylation sites (tertiary alicyclic amines) is 1. The molecule has 0 aromatic heterocycles. The average Bonchev–Trinajstić information content (AvgIpc) is 3.33. The molecular formula is C23H22N2O4S. The molecule has 0 saturated carbocycles. The minimum absolute atomic E-state index is 0.112. The molecule has 1 aliphatic carbocycles. The van der Waals surface area contributed by atoms with Crippen molar-refractivity contribution in [3.05, 3.63) is 70.8 Å². The van der Waals surface area contributed by atoms with Crippen LogP contribution in [0, 0.1) is 0 Å². The minimum Gasteiger partial charge on any atom is -0.447 e. The van der Waals surface area contributed by atoms with Gasteiger partial charge in [0.15, 0.2) is 9.84 Å². The van der Waals surface area contributed by atoms with E-state index in [0.717, 1.165) is 22.3 Å². The van der Waals surface area contributed by atoms with E-state index >= 15 is 0 Å². The van der Waals surface area contributed by atoms with Gasteiger partial charge in [-0.05, 0) is 35.1 Å². The Hall–Kier alpha value is -2.67. The van der Waals surface area contributed by atoms with E-state index in [4.69, 9.17) is 4.74 Å². The summed E-state index contributed by atoms with van der Waals surface area (Å²) in [5.41, 5.74) is 3.19. The van der Waals surface area contributed by atoms with Gasteiger partial charge in [0.05, 0.1) is 5.75 Å². The molecular weight excluding hydrogens is 400 g/mol. The van der Waals surface area contributed by atoms with E-state index < -0.39 is 20.2 Å². The predicted octanol–water partition coefficient (Wildman–Crippen LogP) is 2.36. The number of ether oxygens (including phenoxy) is 1. The third kappa shape index (κ3) is 2.32. The summed E-state index contributed by atoms with van der Waals surface area (Å²) in [6.07, 6.45) is 2.04. The molecule has 0 N–H and O–H groups in total. The van der Waals surface area contributed by atoms with Gasteiger partial charge in [0.2, 0.25) is 5.60 Å². The lowest BCUT2D eigenvalue weighted by atomic mass is 9.86. The third-order valence-corrected chi connectivity index (χ3v) is 9.74. The number of carbonyl (C=O) groups excluding carboxylic acids is 1. The molecule has 2 aromatic carbocycles. The molecule has 2 spiro atoms. The Morgan fingerprint density at radius 1 is 0.900 bits per heavy atom. The lowest BCUT2D eigenvalue weighted by Gasteiger charge is -2.39. The number of piperidine rings is 1. The number of hydrogen-bond donors (Lipinski definition) is 0. The largest absolute Gasteiger partial charge is 0.447 e. The average molecular weight is 423 g/mol. The fourth-order valence-electron chi connectivity index (χ4n) is 5.61. The van der Waals surface area contributed by atoms with E-state index in [9.17, 15) is 13.2 Å². The Kier molecular flexibility index (Phi) is 3.59. The van der Waals surface area contributed by atoms with Gasteiger partial charge in [-0.1, -0.05) is 48.5 Å². The zero-order chi connectivity index (χ0) is 20.6. The van der Waals surface area contributed by atoms with Crippen LogP contribution in [-0.4, -0.2) is 43.9 Å². The standard InChI is InChI=1S/C23H22N2O4S/c26-20-22(13-16-5-1-2-6-17(16)14-22)29-21(24-20)25-11-9-23(10-12-25)19-8-4-3-7-18(19)15-30(23,27)28/h1-8H,9-15H2. The van der Waals surface area contributed by atoms with Crippen molar-refractivity contribution < 1.29 is 17.9 Å². The molecule has 6 rings (SSSR count). The summed E-state index contributed by atoms with van der Waals surface area (Å²) in [7, 11) is -3.26. The number of carbonyl (C=O) groups is 1. The monoisotopic (exact) mass is 422 g/mol. The summed E-state index contributed by atoms with van der Waals surface area (Å²) in [5, 5.41) is 0. The van der Waals surface area contributed by atoms with Crippen LogP contribution in [0.25, 0.3) is 0 Å². The molecule has 1 saturated heterocycles. The van der Waals surface area contributed by atoms with Crippen molar-refractivity contribution in [2.75, 3.05) is 13.1 Å². The Bertz CT molecular complexity index is 1180. The Morgan fingerprint density at radius 3 is 2.17 bits per heavy atom. The van der Waals surface area contributed by atoms with E-state index in [2.05, 4.69) is 4.99 Å². The van der Waals surface area contributed by atoms with Crippen molar-refractivity contribution in [3.8, 4) is 0 Å². The number of amidine groups is 1. The molecule has 154 valence electrons. The molecule has 0 radical (unpaired) electrons. The molecule has 0 unspecified atom stereocenters. The fraction of sp³-hybridized carbons (Fsp3) is 0.391. The number of aliphatic imine (C=N–C) groups is 1. The maximum atomic E-state index is 13.1. The highest BCUT2D eigenvalue weighted by molar-refractivity contribution is 7.92. The summed E-state index contributed by atoms with van der Waals surface area (Å²) in [5.74, 6) is -0.117. The Labute approximate surface area is 175 Å². The fourth-order valence-corrected chi connectivity index (χ4v) is 7.89. The first kappa shape index (κ1) is 18.1. The molecule has 3 aliphatic heterocycles. The summed E-state index contributed by atoms with van der Waals surface area (Å²) < 4.78 is 31.5. The van der Waals surface area contributed by atoms with Crippen molar-refractivity contribution in [3.63, 3.8) is 0 Å². The first-order valence-corrected chi connectivity index (χ1v) is 12.0. The van der Waals surface area contributed by atoms with Gasteiger partial charge >= 0.3 is 0 Å². The lowest BCUT2D eigenvalue weighted by molar-refractivity contribution is -0.130. The molecule has 0 atom stereocenters. The topological polar surface area (TPSA) is 76.0 Å². The third-order valence-electron chi connectivity index (χ3n) is 7.23. The number of hydrogen-bond acceptors (Lipinski definition) is 5. The molecule has 7 heteroatoms. The SMILES string of the molecule is O=C1N=C(N2CCC3(CC2)c2ccccc2CS3(=O)=O)OC12Cc1ccccc1C2. The predicted molar refractivity (Wildman–Crippen MR) is 112 cm³/mol. The summed E-state index contributed by atoms with van der Waals surface area (Å²) in [6, 6.07) is 16.0. The van der Waals surface area contributed by atoms with Gasteiger partial charge in [0.1, 0.15) is 4.75 Å². The molecule has 6 nitrogen and oxygen atoms in total. The van der Waals surface area contributed by atoms with Crippen LogP contribution in [0.3, 0.4) is 0 Å². The summed E-state index contributed by atoms with van der Waals surface area (Å²) >= 11 is 0. The molecule has 30 heavy (non-hydrogen) atoms. The number of benzene rings is 2. The van der Waals surface area contributed by atoms with E-state index in [1.165, 1.54) is 0 Å². The van der Waals surface area contributed by atoms with E-state index in [1.807, 2.05) is 53.4 Å². The summed E-state index contributed by atoms with van der Waals surface area (Å²) in [6.45, 7) is 1.01. The first-order valence-electron chi connectivity index (χ1n) is 10.4. The molecule has 3 heterocycles. The number of fused-ring (bicyclic) bond motifs is 3. The normalized spacial score (nSPS) is 24.6. The van der Waals surface area contributed by atoms with Gasteiger partial charge in [0.25, 0.3) is 11.9 Å². The van der Waals surface area contributed by atoms with Crippen LogP contribution >= 0.6 is 0 Å². The number of nitrogens with zero attached hydrogens (tertiary/aromatic N) is 2. The highest BCUT2D eigenvalue weighted by Gasteiger charge is 2.55. The number of sulfone groups is 1. The van der Waals surface area contributed by atoms with Crippen molar-refractivity contribution >= 4 is 21.8 Å². The van der Waals surface area contributed by atoms with Gasteiger partial charge in [-0.15, -0.1) is 0 Å². The molecule has 2 aromatic rings. The van der Waals surface area contributed by atoms with Crippen LogP contribution < -0.4 is 0 Å². The zero-order valence-electron chi connectivity index (χ0n) is 16.5. The second kappa shape index (κ2) is 5.94. The van der Waals surface area contributed by atoms with Crippen LogP contribution in [0.5, 0.6) is 0 Å². The first-order chi connectivity index (χ1) is 14.4. The smallest absolute Gasteiger partial charge is 0.296 e. The molecule has 1 amide bonds. The van der Waals surface area contributed by atoms with Gasteiger partial charge in [-0.25, -0.2) is 8.42 Å². The van der Waals surface area contributed by atoms with Crippen molar-refractivity contribution in [2.45, 2.75) is 41.8 Å². The van der Waals surface area contributed by atoms with Crippen LogP contribution in [0.2, 0.25) is 0 Å². The second-order valence-electron chi connectivity index (χ2n) is 8.82. The highest BCUT2D eigenvalue weighted by atomic mass is 32.2. The van der Waals surface area contributed by atoms with Crippen LogP contribution in [-0.2, 0) is 42.7 Å². The quantitative estimate of drug-likeness (QED) is 0.652. The van der Waals surface area contributed by atoms with Crippen molar-refractivity contribution in [1.82, 2.24) is 4.90 Å². The van der Waals surface area contributed by atoms with Crippen molar-refractivity contribution in [2.24, 2.45) is 4.99 Å². The minimum atomic E-state index is -3.26. The van der Waals surface area contributed by atoms with Gasteiger partial charge in [0, 0.05) is 25.9 Å². The van der Waals surface area contributed by atoms with E-state index in [1.54, 1.807) is 0 Å². The van der Waals surface area contributed by atoms with Crippen LogP contribution in [0.15, 0.2) is 53.5 Å². The summed E-state index contributed by atoms with van der Waals surface area (Å²) in [4.78, 5) is 19.0. The van der Waals surface area contributed by atoms with Gasteiger partial charge in [-0.2, -0.15) is 4.99 Å². The molecule has 0 bridgehead atoms.